The number of hydrogen-bond acceptors (Lipinski definition) is 5. The van der Waals surface area contributed by atoms with Gasteiger partial charge in [0.1, 0.15) is 12.4 Å². The van der Waals surface area contributed by atoms with Crippen molar-refractivity contribution in [2.45, 2.75) is 42.7 Å². The molecule has 3 aromatic carbocycles. The van der Waals surface area contributed by atoms with Crippen LogP contribution < -0.4 is 15.2 Å². The predicted octanol–water partition coefficient (Wildman–Crippen LogP) is 4.27. The van der Waals surface area contributed by atoms with Crippen LogP contribution in [0.5, 0.6) is 5.75 Å². The van der Waals surface area contributed by atoms with Crippen LogP contribution in [0.4, 0.5) is 5.69 Å². The maximum Gasteiger partial charge on any atom is 0.261 e. The molecule has 1 aliphatic rings. The first-order chi connectivity index (χ1) is 15.9. The average Bonchev–Trinajstić information content (AvgIpc) is 2.97. The number of fused-ring (bicyclic) bond motifs is 1. The van der Waals surface area contributed by atoms with Crippen LogP contribution in [0, 0.1) is 5.92 Å². The number of aliphatic hydroxyl groups is 1. The zero-order valence-corrected chi connectivity index (χ0v) is 19.2. The van der Waals surface area contributed by atoms with Gasteiger partial charge in [0.25, 0.3) is 10.0 Å². The van der Waals surface area contributed by atoms with Gasteiger partial charge in [0.2, 0.25) is 0 Å². The van der Waals surface area contributed by atoms with Crippen molar-refractivity contribution in [3.05, 3.63) is 90.0 Å². The molecule has 174 valence electrons. The molecule has 4 rings (SSSR count). The molecule has 3 atom stereocenters. The van der Waals surface area contributed by atoms with E-state index in [2.05, 4.69) is 4.72 Å². The first kappa shape index (κ1) is 23.3. The molecule has 0 radical (unpaired) electrons. The molecule has 2 unspecified atom stereocenters. The third kappa shape index (κ3) is 5.93. The van der Waals surface area contributed by atoms with Gasteiger partial charge < -0.3 is 15.6 Å². The van der Waals surface area contributed by atoms with Crippen LogP contribution in [0.2, 0.25) is 0 Å². The molecule has 6 nitrogen and oxygen atoms in total. The fourth-order valence-electron chi connectivity index (χ4n) is 4.39. The van der Waals surface area contributed by atoms with Crippen molar-refractivity contribution in [1.82, 2.24) is 0 Å². The van der Waals surface area contributed by atoms with Gasteiger partial charge in [0, 0.05) is 11.7 Å². The third-order valence-corrected chi connectivity index (χ3v) is 7.50. The molecule has 0 fully saturated rings. The Morgan fingerprint density at radius 1 is 1.03 bits per heavy atom. The number of benzene rings is 3. The molecule has 0 bridgehead atoms. The van der Waals surface area contributed by atoms with Crippen LogP contribution in [0.25, 0.3) is 0 Å². The standard InChI is InChI=1S/C26H30N2O4S/c27-26-20(16-22(29)18-32-23-10-3-1-4-11-23)9-7-8-19-14-15-21(17-25(19)26)28-33(30,31)24-12-5-2-6-13-24/h1-6,10-15,17,20,22,26,28-29H,7-9,16,18,27H2/t20?,22-,26?/m0/s1. The first-order valence-electron chi connectivity index (χ1n) is 11.2. The molecule has 1 aliphatic carbocycles. The van der Waals surface area contributed by atoms with Gasteiger partial charge in [0.15, 0.2) is 0 Å². The van der Waals surface area contributed by atoms with Gasteiger partial charge in [-0.3, -0.25) is 4.72 Å². The number of anilines is 1. The van der Waals surface area contributed by atoms with E-state index < -0.39 is 16.1 Å². The maximum atomic E-state index is 12.7. The van der Waals surface area contributed by atoms with Crippen LogP contribution in [0.3, 0.4) is 0 Å². The topological polar surface area (TPSA) is 102 Å². The summed E-state index contributed by atoms with van der Waals surface area (Å²) >= 11 is 0. The minimum atomic E-state index is -3.68. The van der Waals surface area contributed by atoms with E-state index >= 15 is 0 Å². The van der Waals surface area contributed by atoms with Crippen LogP contribution in [0.1, 0.15) is 36.4 Å². The van der Waals surface area contributed by atoms with Crippen molar-refractivity contribution < 1.29 is 18.3 Å². The van der Waals surface area contributed by atoms with Crippen LogP contribution in [-0.2, 0) is 16.4 Å². The zero-order valence-electron chi connectivity index (χ0n) is 18.4. The van der Waals surface area contributed by atoms with Crippen LogP contribution in [-0.4, -0.2) is 26.2 Å². The number of rotatable bonds is 8. The molecule has 0 aromatic heterocycles. The Morgan fingerprint density at radius 3 is 2.45 bits per heavy atom. The van der Waals surface area contributed by atoms with Crippen LogP contribution >= 0.6 is 0 Å². The van der Waals surface area contributed by atoms with Gasteiger partial charge in [-0.1, -0.05) is 42.5 Å². The molecule has 33 heavy (non-hydrogen) atoms. The van der Waals surface area contributed by atoms with Gasteiger partial charge in [0.05, 0.1) is 11.0 Å². The van der Waals surface area contributed by atoms with Crippen molar-refractivity contribution >= 4 is 15.7 Å². The van der Waals surface area contributed by atoms with Crippen molar-refractivity contribution in [2.75, 3.05) is 11.3 Å². The molecule has 7 heteroatoms. The summed E-state index contributed by atoms with van der Waals surface area (Å²) in [7, 11) is -3.68. The van der Waals surface area contributed by atoms with E-state index in [9.17, 15) is 13.5 Å². The van der Waals surface area contributed by atoms with E-state index in [1.807, 2.05) is 42.5 Å². The molecule has 0 aliphatic heterocycles. The van der Waals surface area contributed by atoms with Crippen molar-refractivity contribution in [1.29, 1.82) is 0 Å². The maximum absolute atomic E-state index is 12.7. The second-order valence-corrected chi connectivity index (χ2v) is 10.2. The fraction of sp³-hybridized carbons (Fsp3) is 0.308. The number of aliphatic hydroxyl groups excluding tert-OH is 1. The smallest absolute Gasteiger partial charge is 0.261 e. The Hall–Kier alpha value is -2.87. The Kier molecular flexibility index (Phi) is 7.33. The minimum absolute atomic E-state index is 0.0709. The lowest BCUT2D eigenvalue weighted by Gasteiger charge is -2.26. The number of para-hydroxylation sites is 1. The van der Waals surface area contributed by atoms with Crippen molar-refractivity contribution in [3.63, 3.8) is 0 Å². The Labute approximate surface area is 195 Å². The molecule has 0 spiro atoms. The summed E-state index contributed by atoms with van der Waals surface area (Å²) < 4.78 is 33.8. The third-order valence-electron chi connectivity index (χ3n) is 6.10. The Morgan fingerprint density at radius 2 is 1.73 bits per heavy atom. The SMILES string of the molecule is NC1c2cc(NS(=O)(=O)c3ccccc3)ccc2CCCC1C[C@H](O)COc1ccccc1. The monoisotopic (exact) mass is 466 g/mol. The highest BCUT2D eigenvalue weighted by molar-refractivity contribution is 7.92. The Balaban J connectivity index is 1.46. The summed E-state index contributed by atoms with van der Waals surface area (Å²) in [6.45, 7) is 0.205. The zero-order chi connectivity index (χ0) is 23.3. The summed E-state index contributed by atoms with van der Waals surface area (Å²) in [4.78, 5) is 0.212. The fourth-order valence-corrected chi connectivity index (χ4v) is 5.46. The van der Waals surface area contributed by atoms with E-state index in [1.54, 1.807) is 36.4 Å². The highest BCUT2D eigenvalue weighted by atomic mass is 32.2. The summed E-state index contributed by atoms with van der Waals surface area (Å²) in [5, 5.41) is 10.6. The van der Waals surface area contributed by atoms with Gasteiger partial charge in [-0.2, -0.15) is 0 Å². The summed E-state index contributed by atoms with van der Waals surface area (Å²) in [5.41, 5.74) is 9.21. The van der Waals surface area contributed by atoms with Gasteiger partial charge in [-0.05, 0) is 79.1 Å². The molecular weight excluding hydrogens is 436 g/mol. The molecule has 0 amide bonds. The summed E-state index contributed by atoms with van der Waals surface area (Å²) in [6, 6.07) is 23.0. The highest BCUT2D eigenvalue weighted by Crippen LogP contribution is 2.36. The van der Waals surface area contributed by atoms with Gasteiger partial charge in [-0.25, -0.2) is 8.42 Å². The van der Waals surface area contributed by atoms with Gasteiger partial charge >= 0.3 is 0 Å². The molecule has 4 N–H and O–H groups in total. The lowest BCUT2D eigenvalue weighted by atomic mass is 9.87. The summed E-state index contributed by atoms with van der Waals surface area (Å²) in [5.74, 6) is 0.795. The second-order valence-electron chi connectivity index (χ2n) is 8.52. The number of nitrogens with two attached hydrogens (primary N) is 1. The number of aryl methyl sites for hydroxylation is 1. The van der Waals surface area contributed by atoms with E-state index in [1.165, 1.54) is 0 Å². The highest BCUT2D eigenvalue weighted by Gasteiger charge is 2.28. The molecule has 0 saturated heterocycles. The molecular formula is C26H30N2O4S. The summed E-state index contributed by atoms with van der Waals surface area (Å²) in [6.07, 6.45) is 2.62. The first-order valence-corrected chi connectivity index (χ1v) is 12.7. The lowest BCUT2D eigenvalue weighted by Crippen LogP contribution is -2.28. The quantitative estimate of drug-likeness (QED) is 0.430. The molecule has 3 aromatic rings. The minimum Gasteiger partial charge on any atom is -0.491 e. The number of ether oxygens (including phenoxy) is 1. The van der Waals surface area contributed by atoms with Crippen LogP contribution in [0.15, 0.2) is 83.8 Å². The second kappa shape index (κ2) is 10.4. The van der Waals surface area contributed by atoms with Gasteiger partial charge in [-0.15, -0.1) is 0 Å². The lowest BCUT2D eigenvalue weighted by molar-refractivity contribution is 0.0789. The van der Waals surface area contributed by atoms with Crippen molar-refractivity contribution in [3.8, 4) is 5.75 Å². The Bertz CT molecular complexity index is 1150. The average molecular weight is 467 g/mol. The number of sulfonamides is 1. The molecule has 0 saturated carbocycles. The van der Waals surface area contributed by atoms with E-state index in [4.69, 9.17) is 10.5 Å². The largest absolute Gasteiger partial charge is 0.491 e. The number of hydrogen-bond donors (Lipinski definition) is 3. The van der Waals surface area contributed by atoms with Crippen molar-refractivity contribution in [2.24, 2.45) is 11.7 Å². The van der Waals surface area contributed by atoms with E-state index in [0.29, 0.717) is 12.1 Å². The molecule has 0 heterocycles. The predicted molar refractivity (Wildman–Crippen MR) is 130 cm³/mol. The number of nitrogens with one attached hydrogen (secondary N) is 1. The normalized spacial score (nSPS) is 19.2. The van der Waals surface area contributed by atoms with E-state index in [0.717, 1.165) is 36.1 Å². The van der Waals surface area contributed by atoms with E-state index in [-0.39, 0.29) is 23.5 Å².